The smallest absolute Gasteiger partial charge is 0.0686 e. The van der Waals surface area contributed by atoms with Crippen LogP contribution in [0, 0.1) is 0 Å². The van der Waals surface area contributed by atoms with Gasteiger partial charge in [-0.05, 0) is 41.0 Å². The molecule has 1 N–H and O–H groups in total. The van der Waals surface area contributed by atoms with Crippen LogP contribution in [0.1, 0.15) is 56.2 Å². The van der Waals surface area contributed by atoms with Gasteiger partial charge in [0.1, 0.15) is 0 Å². The Balaban J connectivity index is 2.31. The predicted octanol–water partition coefficient (Wildman–Crippen LogP) is 5.79. The molecule has 0 bridgehead atoms. The second-order valence-corrected chi connectivity index (χ2v) is 7.75. The molecule has 1 heterocycles. The van der Waals surface area contributed by atoms with Gasteiger partial charge in [-0.15, -0.1) is 11.3 Å². The first-order valence-electron chi connectivity index (χ1n) is 7.50. The molecular weight excluding hydrogens is 298 g/mol. The van der Waals surface area contributed by atoms with Crippen molar-refractivity contribution in [3.63, 3.8) is 0 Å². The molecule has 0 saturated carbocycles. The number of hydrogen-bond acceptors (Lipinski definition) is 2. The van der Waals surface area contributed by atoms with Gasteiger partial charge < -0.3 is 5.32 Å². The van der Waals surface area contributed by atoms with Crippen molar-refractivity contribution < 1.29 is 0 Å². The maximum absolute atomic E-state index is 6.34. The minimum atomic E-state index is 0.186. The summed E-state index contributed by atoms with van der Waals surface area (Å²) < 4.78 is 0. The van der Waals surface area contributed by atoms with Crippen LogP contribution in [-0.4, -0.2) is 6.54 Å². The van der Waals surface area contributed by atoms with E-state index in [-0.39, 0.29) is 11.5 Å². The summed E-state index contributed by atoms with van der Waals surface area (Å²) in [5.41, 5.74) is 2.82. The van der Waals surface area contributed by atoms with Gasteiger partial charge in [-0.2, -0.15) is 0 Å². The Kier molecular flexibility index (Phi) is 5.48. The van der Waals surface area contributed by atoms with E-state index in [1.54, 1.807) is 11.3 Å². The summed E-state index contributed by atoms with van der Waals surface area (Å²) in [4.78, 5) is 1.20. The van der Waals surface area contributed by atoms with Crippen LogP contribution in [0.2, 0.25) is 5.02 Å². The van der Waals surface area contributed by atoms with Crippen molar-refractivity contribution in [1.82, 2.24) is 5.32 Å². The summed E-state index contributed by atoms with van der Waals surface area (Å²) in [7, 11) is 0. The zero-order valence-corrected chi connectivity index (χ0v) is 14.8. The van der Waals surface area contributed by atoms with Gasteiger partial charge in [0, 0.05) is 4.88 Å². The maximum atomic E-state index is 6.34. The zero-order valence-electron chi connectivity index (χ0n) is 13.2. The first kappa shape index (κ1) is 16.5. The molecule has 0 aliphatic carbocycles. The second kappa shape index (κ2) is 6.95. The van der Waals surface area contributed by atoms with E-state index < -0.39 is 0 Å². The van der Waals surface area contributed by atoms with E-state index in [2.05, 4.69) is 62.7 Å². The molecule has 0 saturated heterocycles. The Hall–Kier alpha value is -0.830. The fourth-order valence-electron chi connectivity index (χ4n) is 2.34. The minimum Gasteiger partial charge on any atom is -0.306 e. The van der Waals surface area contributed by atoms with E-state index in [1.165, 1.54) is 16.0 Å². The standard InChI is InChI=1S/C18H24ClNS/c1-5-11-20-16(17-15(19)10-12-21-17)13-6-8-14(9-7-13)18(2,3)4/h6-10,12,16,20H,5,11H2,1-4H3. The number of thiophene rings is 1. The monoisotopic (exact) mass is 321 g/mol. The van der Waals surface area contributed by atoms with Gasteiger partial charge in [0.25, 0.3) is 0 Å². The van der Waals surface area contributed by atoms with Crippen LogP contribution in [0.25, 0.3) is 0 Å². The third kappa shape index (κ3) is 4.09. The van der Waals surface area contributed by atoms with Crippen molar-refractivity contribution in [1.29, 1.82) is 0 Å². The molecule has 0 radical (unpaired) electrons. The molecule has 1 unspecified atom stereocenters. The largest absolute Gasteiger partial charge is 0.306 e. The van der Waals surface area contributed by atoms with E-state index in [0.717, 1.165) is 18.0 Å². The molecule has 0 aliphatic heterocycles. The Labute approximate surface area is 137 Å². The van der Waals surface area contributed by atoms with Gasteiger partial charge in [0.2, 0.25) is 0 Å². The van der Waals surface area contributed by atoms with Crippen LogP contribution in [0.5, 0.6) is 0 Å². The summed E-state index contributed by atoms with van der Waals surface area (Å²) in [5, 5.41) is 6.53. The SMILES string of the molecule is CCCNC(c1ccc(C(C)(C)C)cc1)c1sccc1Cl. The third-order valence-corrected chi connectivity index (χ3v) is 5.04. The maximum Gasteiger partial charge on any atom is 0.0686 e. The van der Waals surface area contributed by atoms with Crippen LogP contribution in [0.15, 0.2) is 35.7 Å². The Bertz CT molecular complexity index is 566. The highest BCUT2D eigenvalue weighted by molar-refractivity contribution is 7.10. The van der Waals surface area contributed by atoms with Crippen LogP contribution in [0.3, 0.4) is 0 Å². The van der Waals surface area contributed by atoms with Crippen LogP contribution < -0.4 is 5.32 Å². The fraction of sp³-hybridized carbons (Fsp3) is 0.444. The predicted molar refractivity (Wildman–Crippen MR) is 94.6 cm³/mol. The highest BCUT2D eigenvalue weighted by Crippen LogP contribution is 2.34. The first-order chi connectivity index (χ1) is 9.93. The number of benzene rings is 1. The highest BCUT2D eigenvalue weighted by Gasteiger charge is 2.19. The molecule has 0 spiro atoms. The van der Waals surface area contributed by atoms with Gasteiger partial charge in [-0.1, -0.05) is 63.6 Å². The van der Waals surface area contributed by atoms with E-state index in [1.807, 2.05) is 6.07 Å². The average molecular weight is 322 g/mol. The summed E-state index contributed by atoms with van der Waals surface area (Å²) in [5.74, 6) is 0. The van der Waals surface area contributed by atoms with Gasteiger partial charge in [0.05, 0.1) is 11.1 Å². The summed E-state index contributed by atoms with van der Waals surface area (Å²) in [6.45, 7) is 9.89. The first-order valence-corrected chi connectivity index (χ1v) is 8.76. The lowest BCUT2D eigenvalue weighted by Crippen LogP contribution is -2.23. The summed E-state index contributed by atoms with van der Waals surface area (Å²) in [6.07, 6.45) is 1.11. The van der Waals surface area contributed by atoms with Crippen LogP contribution >= 0.6 is 22.9 Å². The van der Waals surface area contributed by atoms with Crippen molar-refractivity contribution >= 4 is 22.9 Å². The lowest BCUT2D eigenvalue weighted by molar-refractivity contribution is 0.585. The van der Waals surface area contributed by atoms with E-state index in [9.17, 15) is 0 Å². The topological polar surface area (TPSA) is 12.0 Å². The molecule has 1 aromatic heterocycles. The number of halogens is 1. The Morgan fingerprint density at radius 1 is 1.14 bits per heavy atom. The van der Waals surface area contributed by atoms with Gasteiger partial charge >= 0.3 is 0 Å². The van der Waals surface area contributed by atoms with Gasteiger partial charge in [0.15, 0.2) is 0 Å². The average Bonchev–Trinajstić information content (AvgIpc) is 2.85. The quantitative estimate of drug-likeness (QED) is 0.735. The molecule has 1 atom stereocenters. The molecule has 0 aliphatic rings. The van der Waals surface area contributed by atoms with Crippen molar-refractivity contribution in [2.75, 3.05) is 6.54 Å². The van der Waals surface area contributed by atoms with E-state index in [4.69, 9.17) is 11.6 Å². The van der Waals surface area contributed by atoms with E-state index >= 15 is 0 Å². The molecule has 114 valence electrons. The lowest BCUT2D eigenvalue weighted by Gasteiger charge is -2.22. The molecule has 1 nitrogen and oxygen atoms in total. The minimum absolute atomic E-state index is 0.186. The third-order valence-electron chi connectivity index (χ3n) is 3.62. The van der Waals surface area contributed by atoms with Gasteiger partial charge in [-0.25, -0.2) is 0 Å². The molecular formula is C18H24ClNS. The van der Waals surface area contributed by atoms with Crippen molar-refractivity contribution in [2.45, 2.75) is 45.6 Å². The van der Waals surface area contributed by atoms with Crippen LogP contribution in [-0.2, 0) is 5.41 Å². The molecule has 0 amide bonds. The Morgan fingerprint density at radius 2 is 1.81 bits per heavy atom. The van der Waals surface area contributed by atoms with E-state index in [0.29, 0.717) is 0 Å². The number of nitrogens with one attached hydrogen (secondary N) is 1. The molecule has 3 heteroatoms. The lowest BCUT2D eigenvalue weighted by atomic mass is 9.86. The molecule has 1 aromatic carbocycles. The number of hydrogen-bond donors (Lipinski definition) is 1. The van der Waals surface area contributed by atoms with Crippen molar-refractivity contribution in [3.05, 3.63) is 56.7 Å². The molecule has 0 fully saturated rings. The summed E-state index contributed by atoms with van der Waals surface area (Å²) in [6, 6.07) is 11.1. The van der Waals surface area contributed by atoms with Crippen molar-refractivity contribution in [3.8, 4) is 0 Å². The Morgan fingerprint density at radius 3 is 2.29 bits per heavy atom. The highest BCUT2D eigenvalue weighted by atomic mass is 35.5. The number of rotatable bonds is 5. The fourth-order valence-corrected chi connectivity index (χ4v) is 3.60. The zero-order chi connectivity index (χ0) is 15.5. The second-order valence-electron chi connectivity index (χ2n) is 6.39. The molecule has 2 aromatic rings. The normalized spacial score (nSPS) is 13.4. The van der Waals surface area contributed by atoms with Gasteiger partial charge in [-0.3, -0.25) is 0 Å². The molecule has 2 rings (SSSR count). The molecule has 21 heavy (non-hydrogen) atoms. The van der Waals surface area contributed by atoms with Crippen LogP contribution in [0.4, 0.5) is 0 Å². The summed E-state index contributed by atoms with van der Waals surface area (Å²) >= 11 is 8.06. The van der Waals surface area contributed by atoms with Crippen molar-refractivity contribution in [2.24, 2.45) is 0 Å².